The highest BCUT2D eigenvalue weighted by Gasteiger charge is 2.48. The number of piperidine rings is 1. The molecule has 4 nitrogen and oxygen atoms in total. The maximum Gasteiger partial charge on any atom is 0.248 e. The first-order chi connectivity index (χ1) is 12.0. The minimum atomic E-state index is -0.326. The summed E-state index contributed by atoms with van der Waals surface area (Å²) in [4.78, 5) is 14.3. The van der Waals surface area contributed by atoms with E-state index in [-0.39, 0.29) is 11.3 Å². The number of amides is 1. The SMILES string of the molecule is C[C@H]1[C@H]2Cc3ccc(C(N)=O)cc3[C@]1(C)CCN2CC1CCCCO1. The smallest absolute Gasteiger partial charge is 0.248 e. The van der Waals surface area contributed by atoms with Gasteiger partial charge in [0.15, 0.2) is 0 Å². The Morgan fingerprint density at radius 1 is 1.40 bits per heavy atom. The number of hydrogen-bond acceptors (Lipinski definition) is 3. The van der Waals surface area contributed by atoms with Crippen molar-refractivity contribution in [2.24, 2.45) is 11.7 Å². The van der Waals surface area contributed by atoms with E-state index in [1.807, 2.05) is 6.07 Å². The Bertz CT molecular complexity index is 668. The van der Waals surface area contributed by atoms with E-state index in [2.05, 4.69) is 30.9 Å². The topological polar surface area (TPSA) is 55.6 Å². The number of rotatable bonds is 3. The highest BCUT2D eigenvalue weighted by atomic mass is 16.5. The molecule has 1 aromatic rings. The number of likely N-dealkylation sites (tertiary alicyclic amines) is 1. The van der Waals surface area contributed by atoms with E-state index < -0.39 is 0 Å². The van der Waals surface area contributed by atoms with Gasteiger partial charge in [0.1, 0.15) is 0 Å². The molecule has 2 fully saturated rings. The van der Waals surface area contributed by atoms with Gasteiger partial charge < -0.3 is 10.5 Å². The van der Waals surface area contributed by atoms with Gasteiger partial charge in [-0.1, -0.05) is 19.9 Å². The van der Waals surface area contributed by atoms with E-state index >= 15 is 0 Å². The highest BCUT2D eigenvalue weighted by molar-refractivity contribution is 5.93. The standard InChI is InChI=1S/C21H30N2O2/c1-14-19-12-15-6-7-16(20(22)24)11-18(15)21(14,2)8-9-23(19)13-17-5-3-4-10-25-17/h6-7,11,14,17,19H,3-5,8-10,12-13H2,1-2H3,(H2,22,24)/t14-,17?,19+,21+/m0/s1. The molecule has 2 aliphatic heterocycles. The summed E-state index contributed by atoms with van der Waals surface area (Å²) in [5.74, 6) is 0.244. The van der Waals surface area contributed by atoms with Gasteiger partial charge in [-0.05, 0) is 73.2 Å². The lowest BCUT2D eigenvalue weighted by Gasteiger charge is -2.55. The summed E-state index contributed by atoms with van der Waals surface area (Å²) < 4.78 is 6.00. The van der Waals surface area contributed by atoms with Crippen LogP contribution in [0.3, 0.4) is 0 Å². The molecule has 3 aliphatic rings. The minimum Gasteiger partial charge on any atom is -0.377 e. The van der Waals surface area contributed by atoms with E-state index in [1.54, 1.807) is 0 Å². The normalized spacial score (nSPS) is 35.2. The molecule has 1 unspecified atom stereocenters. The molecular formula is C21H30N2O2. The van der Waals surface area contributed by atoms with Crippen molar-refractivity contribution in [1.82, 2.24) is 4.90 Å². The Morgan fingerprint density at radius 2 is 2.24 bits per heavy atom. The molecule has 4 atom stereocenters. The molecule has 136 valence electrons. The number of hydrogen-bond donors (Lipinski definition) is 1. The monoisotopic (exact) mass is 342 g/mol. The third-order valence-electron chi connectivity index (χ3n) is 7.12. The van der Waals surface area contributed by atoms with Gasteiger partial charge in [-0.3, -0.25) is 9.69 Å². The lowest BCUT2D eigenvalue weighted by atomic mass is 9.59. The first-order valence-electron chi connectivity index (χ1n) is 9.78. The van der Waals surface area contributed by atoms with Crippen LogP contribution in [0.2, 0.25) is 0 Å². The van der Waals surface area contributed by atoms with Crippen LogP contribution in [0.5, 0.6) is 0 Å². The molecule has 25 heavy (non-hydrogen) atoms. The van der Waals surface area contributed by atoms with Crippen LogP contribution in [0.15, 0.2) is 18.2 Å². The number of ether oxygens (including phenoxy) is 1. The van der Waals surface area contributed by atoms with Gasteiger partial charge in [0.05, 0.1) is 6.10 Å². The van der Waals surface area contributed by atoms with Crippen molar-refractivity contribution in [3.05, 3.63) is 34.9 Å². The number of nitrogens with zero attached hydrogens (tertiary/aromatic N) is 1. The molecule has 0 radical (unpaired) electrons. The Hall–Kier alpha value is -1.39. The van der Waals surface area contributed by atoms with Crippen molar-refractivity contribution in [2.45, 2.75) is 63.5 Å². The number of nitrogens with two attached hydrogens (primary N) is 1. The first kappa shape index (κ1) is 17.0. The Labute approximate surface area is 150 Å². The van der Waals surface area contributed by atoms with Gasteiger partial charge >= 0.3 is 0 Å². The third-order valence-corrected chi connectivity index (χ3v) is 7.12. The predicted octanol–water partition coefficient (Wildman–Crippen LogP) is 2.88. The lowest BCUT2D eigenvalue weighted by Crippen LogP contribution is -2.59. The van der Waals surface area contributed by atoms with Crippen LogP contribution in [0.25, 0.3) is 0 Å². The molecule has 0 saturated carbocycles. The van der Waals surface area contributed by atoms with E-state index in [9.17, 15) is 4.79 Å². The maximum absolute atomic E-state index is 11.6. The highest BCUT2D eigenvalue weighted by Crippen LogP contribution is 2.48. The molecular weight excluding hydrogens is 312 g/mol. The van der Waals surface area contributed by atoms with Crippen LogP contribution in [-0.4, -0.2) is 42.6 Å². The van der Waals surface area contributed by atoms with Gasteiger partial charge in [0.25, 0.3) is 0 Å². The second-order valence-electron chi connectivity index (χ2n) is 8.45. The van der Waals surface area contributed by atoms with Crippen molar-refractivity contribution in [1.29, 1.82) is 0 Å². The molecule has 2 heterocycles. The maximum atomic E-state index is 11.6. The fraction of sp³-hybridized carbons (Fsp3) is 0.667. The summed E-state index contributed by atoms with van der Waals surface area (Å²) in [7, 11) is 0. The molecule has 2 saturated heterocycles. The molecule has 4 rings (SSSR count). The van der Waals surface area contributed by atoms with Crippen molar-refractivity contribution < 1.29 is 9.53 Å². The lowest BCUT2D eigenvalue weighted by molar-refractivity contribution is -0.0425. The molecule has 4 heteroatoms. The zero-order valence-electron chi connectivity index (χ0n) is 15.5. The summed E-state index contributed by atoms with van der Waals surface area (Å²) in [6.07, 6.45) is 6.32. The van der Waals surface area contributed by atoms with Crippen molar-refractivity contribution >= 4 is 5.91 Å². The summed E-state index contributed by atoms with van der Waals surface area (Å²) in [5, 5.41) is 0. The molecule has 2 bridgehead atoms. The van der Waals surface area contributed by atoms with Gasteiger partial charge in [-0.25, -0.2) is 0 Å². The van der Waals surface area contributed by atoms with Crippen LogP contribution in [0.1, 0.15) is 61.0 Å². The van der Waals surface area contributed by atoms with E-state index in [1.165, 1.54) is 30.4 Å². The largest absolute Gasteiger partial charge is 0.377 e. The second-order valence-corrected chi connectivity index (χ2v) is 8.45. The summed E-state index contributed by atoms with van der Waals surface area (Å²) in [5.41, 5.74) is 9.03. The van der Waals surface area contributed by atoms with E-state index in [0.29, 0.717) is 23.6 Å². The van der Waals surface area contributed by atoms with Crippen LogP contribution >= 0.6 is 0 Å². The van der Waals surface area contributed by atoms with Gasteiger partial charge in [-0.2, -0.15) is 0 Å². The van der Waals surface area contributed by atoms with Crippen LogP contribution in [0, 0.1) is 5.92 Å². The zero-order valence-corrected chi connectivity index (χ0v) is 15.5. The number of primary amides is 1. The predicted molar refractivity (Wildman–Crippen MR) is 98.7 cm³/mol. The summed E-state index contributed by atoms with van der Waals surface area (Å²) in [6.45, 7) is 7.88. The fourth-order valence-corrected chi connectivity index (χ4v) is 5.30. The third kappa shape index (κ3) is 2.89. The van der Waals surface area contributed by atoms with Crippen molar-refractivity contribution in [3.63, 3.8) is 0 Å². The molecule has 1 aliphatic carbocycles. The van der Waals surface area contributed by atoms with Gasteiger partial charge in [0.2, 0.25) is 5.91 Å². The van der Waals surface area contributed by atoms with E-state index in [4.69, 9.17) is 10.5 Å². The molecule has 0 spiro atoms. The Balaban J connectivity index is 1.61. The zero-order chi connectivity index (χ0) is 17.6. The number of benzene rings is 1. The Morgan fingerprint density at radius 3 is 2.96 bits per heavy atom. The van der Waals surface area contributed by atoms with Gasteiger partial charge in [-0.15, -0.1) is 0 Å². The second kappa shape index (κ2) is 6.40. The van der Waals surface area contributed by atoms with Crippen molar-refractivity contribution in [2.75, 3.05) is 19.7 Å². The average Bonchev–Trinajstić information content (AvgIpc) is 2.61. The fourth-order valence-electron chi connectivity index (χ4n) is 5.30. The summed E-state index contributed by atoms with van der Waals surface area (Å²) in [6, 6.07) is 6.65. The number of carbonyl (C=O) groups is 1. The molecule has 1 aromatic carbocycles. The number of fused-ring (bicyclic) bond motifs is 4. The first-order valence-corrected chi connectivity index (χ1v) is 9.78. The van der Waals surface area contributed by atoms with Crippen molar-refractivity contribution in [3.8, 4) is 0 Å². The van der Waals surface area contributed by atoms with Crippen LogP contribution in [0.4, 0.5) is 0 Å². The quantitative estimate of drug-likeness (QED) is 0.919. The Kier molecular flexibility index (Phi) is 4.37. The molecule has 1 amide bonds. The van der Waals surface area contributed by atoms with Gasteiger partial charge in [0, 0.05) is 24.8 Å². The molecule has 0 aromatic heterocycles. The van der Waals surface area contributed by atoms with E-state index in [0.717, 1.165) is 32.5 Å². The molecule has 2 N–H and O–H groups in total. The van der Waals surface area contributed by atoms with Crippen LogP contribution in [-0.2, 0) is 16.6 Å². The summed E-state index contributed by atoms with van der Waals surface area (Å²) >= 11 is 0. The minimum absolute atomic E-state index is 0.133. The average molecular weight is 342 g/mol. The number of carbonyl (C=O) groups excluding carboxylic acids is 1. The van der Waals surface area contributed by atoms with Crippen LogP contribution < -0.4 is 5.73 Å².